The molecule has 0 aliphatic carbocycles. The molecule has 0 N–H and O–H groups in total. The van der Waals surface area contributed by atoms with E-state index in [4.69, 9.17) is 4.74 Å². The van der Waals surface area contributed by atoms with Crippen LogP contribution in [0.5, 0.6) is 0 Å². The average Bonchev–Trinajstić information content (AvgIpc) is 3.21. The number of hydrogen-bond donors (Lipinski definition) is 0. The zero-order valence-corrected chi connectivity index (χ0v) is 18.1. The summed E-state index contributed by atoms with van der Waals surface area (Å²) in [6, 6.07) is 11.5. The molecule has 1 heterocycles. The molecule has 33 heavy (non-hydrogen) atoms. The number of halogens is 4. The Hall–Kier alpha value is -3.31. The van der Waals surface area contributed by atoms with Crippen molar-refractivity contribution in [1.29, 1.82) is 0 Å². The number of anilines is 2. The topological polar surface area (TPSA) is 68.7 Å². The first-order chi connectivity index (χ1) is 15.6. The van der Waals surface area contributed by atoms with E-state index in [-0.39, 0.29) is 29.6 Å². The largest absolute Gasteiger partial charge is 0.456 e. The Balaban J connectivity index is 1.59. The predicted molar refractivity (Wildman–Crippen MR) is 113 cm³/mol. The van der Waals surface area contributed by atoms with Crippen molar-refractivity contribution in [1.82, 2.24) is 4.98 Å². The highest BCUT2D eigenvalue weighted by Crippen LogP contribution is 2.31. The van der Waals surface area contributed by atoms with E-state index in [0.717, 1.165) is 16.2 Å². The van der Waals surface area contributed by atoms with Gasteiger partial charge in [0.05, 0.1) is 23.6 Å². The molecule has 1 amide bonds. The number of rotatable bonds is 8. The highest BCUT2D eigenvalue weighted by molar-refractivity contribution is 7.14. The number of hydrogen-bond acceptors (Lipinski definition) is 6. The summed E-state index contributed by atoms with van der Waals surface area (Å²) in [7, 11) is 0. The number of esters is 1. The standard InChI is InChI=1S/C22H18F4N2O4S/c1-14(29)28(19-5-3-2-4-18(19)23)21-27-17(12-33-21)11-32-20(30)16-8-6-15(7-9-16)10-31-13-22(24,25)26/h2-9,12H,10-11,13H2,1H3. The van der Waals surface area contributed by atoms with Crippen LogP contribution in [0.4, 0.5) is 28.4 Å². The van der Waals surface area contributed by atoms with Gasteiger partial charge in [-0.15, -0.1) is 11.3 Å². The van der Waals surface area contributed by atoms with Gasteiger partial charge in [-0.05, 0) is 29.8 Å². The lowest BCUT2D eigenvalue weighted by Gasteiger charge is -2.18. The van der Waals surface area contributed by atoms with E-state index in [1.54, 1.807) is 11.4 Å². The lowest BCUT2D eigenvalue weighted by molar-refractivity contribution is -0.176. The number of amides is 1. The number of carbonyl (C=O) groups is 2. The van der Waals surface area contributed by atoms with Gasteiger partial charge in [-0.2, -0.15) is 13.2 Å². The van der Waals surface area contributed by atoms with Crippen LogP contribution < -0.4 is 4.90 Å². The number of aromatic nitrogens is 1. The minimum atomic E-state index is -4.41. The smallest absolute Gasteiger partial charge is 0.411 e. The van der Waals surface area contributed by atoms with Crippen LogP contribution in [0, 0.1) is 5.82 Å². The first kappa shape index (κ1) is 24.3. The second-order valence-corrected chi connectivity index (χ2v) is 7.64. The van der Waals surface area contributed by atoms with Crippen LogP contribution in [0.2, 0.25) is 0 Å². The molecule has 0 saturated carbocycles. The van der Waals surface area contributed by atoms with Gasteiger partial charge < -0.3 is 9.47 Å². The van der Waals surface area contributed by atoms with Crippen LogP contribution in [0.1, 0.15) is 28.5 Å². The zero-order valence-electron chi connectivity index (χ0n) is 17.3. The number of benzene rings is 2. The van der Waals surface area contributed by atoms with E-state index >= 15 is 0 Å². The number of para-hydroxylation sites is 1. The second-order valence-electron chi connectivity index (χ2n) is 6.81. The van der Waals surface area contributed by atoms with Crippen molar-refractivity contribution in [3.63, 3.8) is 0 Å². The first-order valence-electron chi connectivity index (χ1n) is 9.54. The van der Waals surface area contributed by atoms with Crippen molar-refractivity contribution in [2.45, 2.75) is 26.3 Å². The fraction of sp³-hybridized carbons (Fsp3) is 0.227. The molecule has 3 aromatic rings. The molecule has 0 bridgehead atoms. The van der Waals surface area contributed by atoms with Gasteiger partial charge in [0.15, 0.2) is 5.13 Å². The van der Waals surface area contributed by atoms with Crippen molar-refractivity contribution in [2.75, 3.05) is 11.5 Å². The summed E-state index contributed by atoms with van der Waals surface area (Å²) in [5, 5.41) is 1.81. The van der Waals surface area contributed by atoms with E-state index in [1.807, 2.05) is 0 Å². The van der Waals surface area contributed by atoms with E-state index in [0.29, 0.717) is 11.3 Å². The molecule has 0 unspecified atom stereocenters. The van der Waals surface area contributed by atoms with Crippen LogP contribution in [0.25, 0.3) is 0 Å². The molecule has 174 valence electrons. The third-order valence-electron chi connectivity index (χ3n) is 4.21. The SMILES string of the molecule is CC(=O)N(c1nc(COC(=O)c2ccc(COCC(F)(F)F)cc2)cs1)c1ccccc1F. The Morgan fingerprint density at radius 3 is 2.39 bits per heavy atom. The molecular weight excluding hydrogens is 464 g/mol. The fourth-order valence-electron chi connectivity index (χ4n) is 2.75. The Labute approximate surface area is 190 Å². The van der Waals surface area contributed by atoms with Crippen LogP contribution >= 0.6 is 11.3 Å². The van der Waals surface area contributed by atoms with Gasteiger partial charge >= 0.3 is 12.1 Å². The van der Waals surface area contributed by atoms with E-state index in [2.05, 4.69) is 9.72 Å². The van der Waals surface area contributed by atoms with Crippen molar-refractivity contribution < 1.29 is 36.6 Å². The minimum Gasteiger partial charge on any atom is -0.456 e. The summed E-state index contributed by atoms with van der Waals surface area (Å²) in [5.74, 6) is -1.68. The quantitative estimate of drug-likeness (QED) is 0.318. The monoisotopic (exact) mass is 482 g/mol. The summed E-state index contributed by atoms with van der Waals surface area (Å²) in [4.78, 5) is 29.7. The van der Waals surface area contributed by atoms with Crippen molar-refractivity contribution >= 4 is 34.0 Å². The van der Waals surface area contributed by atoms with Crippen molar-refractivity contribution in [2.24, 2.45) is 0 Å². The molecule has 1 aromatic heterocycles. The summed E-state index contributed by atoms with van der Waals surface area (Å²) < 4.78 is 60.3. The van der Waals surface area contributed by atoms with Gasteiger partial charge in [-0.1, -0.05) is 24.3 Å². The summed E-state index contributed by atoms with van der Waals surface area (Å²) in [6.45, 7) is -0.504. The molecule has 0 aliphatic heterocycles. The van der Waals surface area contributed by atoms with Crippen LogP contribution in [0.3, 0.4) is 0 Å². The molecule has 0 radical (unpaired) electrons. The molecule has 0 spiro atoms. The number of thiazole rings is 1. The molecule has 0 atom stereocenters. The van der Waals surface area contributed by atoms with Crippen LogP contribution in [0.15, 0.2) is 53.9 Å². The summed E-state index contributed by atoms with van der Waals surface area (Å²) in [6.07, 6.45) is -4.41. The molecular formula is C22H18F4N2O4S. The van der Waals surface area contributed by atoms with E-state index in [1.165, 1.54) is 49.4 Å². The number of alkyl halides is 3. The van der Waals surface area contributed by atoms with Crippen molar-refractivity contribution in [3.05, 3.63) is 76.5 Å². The average molecular weight is 482 g/mol. The maximum atomic E-state index is 14.1. The molecule has 0 fully saturated rings. The second kappa shape index (κ2) is 10.5. The Morgan fingerprint density at radius 1 is 1.06 bits per heavy atom. The number of carbonyl (C=O) groups excluding carboxylic acids is 2. The molecule has 2 aromatic carbocycles. The predicted octanol–water partition coefficient (Wildman–Crippen LogP) is 5.40. The Bertz CT molecular complexity index is 1120. The molecule has 11 heteroatoms. The minimum absolute atomic E-state index is 0.0576. The maximum absolute atomic E-state index is 14.1. The third-order valence-corrected chi connectivity index (χ3v) is 5.09. The van der Waals surface area contributed by atoms with Crippen molar-refractivity contribution in [3.8, 4) is 0 Å². The number of ether oxygens (including phenoxy) is 2. The van der Waals surface area contributed by atoms with Crippen LogP contribution in [-0.2, 0) is 27.5 Å². The van der Waals surface area contributed by atoms with Gasteiger partial charge in [-0.25, -0.2) is 14.2 Å². The summed E-state index contributed by atoms with van der Waals surface area (Å²) >= 11 is 1.09. The lowest BCUT2D eigenvalue weighted by Crippen LogP contribution is -2.23. The van der Waals surface area contributed by atoms with Gasteiger partial charge in [-0.3, -0.25) is 9.69 Å². The highest BCUT2D eigenvalue weighted by atomic mass is 32.1. The van der Waals surface area contributed by atoms with Gasteiger partial charge in [0.25, 0.3) is 0 Å². The Kier molecular flexibility index (Phi) is 7.77. The Morgan fingerprint density at radius 2 is 1.76 bits per heavy atom. The first-order valence-corrected chi connectivity index (χ1v) is 10.4. The summed E-state index contributed by atoms with van der Waals surface area (Å²) in [5.41, 5.74) is 1.09. The van der Waals surface area contributed by atoms with E-state index < -0.39 is 30.5 Å². The zero-order chi connectivity index (χ0) is 24.0. The van der Waals surface area contributed by atoms with Gasteiger partial charge in [0, 0.05) is 12.3 Å². The lowest BCUT2D eigenvalue weighted by atomic mass is 10.1. The van der Waals surface area contributed by atoms with Crippen LogP contribution in [-0.4, -0.2) is 29.6 Å². The molecule has 3 rings (SSSR count). The van der Waals surface area contributed by atoms with E-state index in [9.17, 15) is 27.2 Å². The number of nitrogens with zero attached hydrogens (tertiary/aromatic N) is 2. The molecule has 0 saturated heterocycles. The van der Waals surface area contributed by atoms with Gasteiger partial charge in [0.1, 0.15) is 19.0 Å². The fourth-order valence-corrected chi connectivity index (χ4v) is 3.61. The maximum Gasteiger partial charge on any atom is 0.411 e. The molecule has 6 nitrogen and oxygen atoms in total. The highest BCUT2D eigenvalue weighted by Gasteiger charge is 2.27. The van der Waals surface area contributed by atoms with Gasteiger partial charge in [0.2, 0.25) is 5.91 Å². The third kappa shape index (κ3) is 6.83. The molecule has 0 aliphatic rings. The normalized spacial score (nSPS) is 11.3.